The average molecular weight is 314 g/mol. The fourth-order valence-electron chi connectivity index (χ4n) is 4.20. The topological polar surface area (TPSA) is 54.4 Å². The molecule has 1 saturated carbocycles. The van der Waals surface area contributed by atoms with Crippen molar-refractivity contribution in [2.45, 2.75) is 53.6 Å². The molecule has 23 heavy (non-hydrogen) atoms. The van der Waals surface area contributed by atoms with Crippen molar-refractivity contribution >= 4 is 11.6 Å². The second kappa shape index (κ2) is 5.27. The molecule has 0 aliphatic heterocycles. The number of fused-ring (bicyclic) bond motifs is 1. The van der Waals surface area contributed by atoms with E-state index < -0.39 is 6.10 Å². The van der Waals surface area contributed by atoms with E-state index in [9.17, 15) is 14.7 Å². The van der Waals surface area contributed by atoms with Crippen LogP contribution in [0.4, 0.5) is 0 Å². The molecule has 0 radical (unpaired) electrons. The molecule has 0 aromatic heterocycles. The van der Waals surface area contributed by atoms with E-state index in [1.165, 1.54) is 0 Å². The Kier molecular flexibility index (Phi) is 3.75. The third-order valence-electron chi connectivity index (χ3n) is 6.12. The van der Waals surface area contributed by atoms with Gasteiger partial charge in [-0.25, -0.2) is 0 Å². The number of hydrogen-bond acceptors (Lipinski definition) is 3. The molecule has 0 aromatic carbocycles. The standard InChI is InChI=1S/C20H26O3/c1-10-6-13-14(7-11(2)18(13)22)19(23)12(3)8-15-16(9-17(10)21)20(15,4)5/h6,8,11,15-17,21H,7,9H2,1-5H3/b10-6+,12-8+/t11-,15-,16+,17-/m1/s1. The number of Topliss-reactive ketones (excluding diaryl/α,β-unsaturated/α-hetero) is 2. The fourth-order valence-corrected chi connectivity index (χ4v) is 4.20. The minimum atomic E-state index is -0.552. The molecule has 1 fully saturated rings. The summed E-state index contributed by atoms with van der Waals surface area (Å²) in [5.74, 6) is 0.583. The van der Waals surface area contributed by atoms with Crippen molar-refractivity contribution in [3.05, 3.63) is 34.4 Å². The van der Waals surface area contributed by atoms with Gasteiger partial charge in [0, 0.05) is 17.1 Å². The van der Waals surface area contributed by atoms with Gasteiger partial charge in [0.15, 0.2) is 11.6 Å². The Bertz CT molecular complexity index is 675. The average Bonchev–Trinajstić information content (AvgIpc) is 2.85. The highest BCUT2D eigenvalue weighted by molar-refractivity contribution is 6.17. The maximum Gasteiger partial charge on any atom is 0.185 e. The number of aliphatic hydroxyl groups is 1. The predicted octanol–water partition coefficient (Wildman–Crippen LogP) is 3.39. The maximum absolute atomic E-state index is 12.8. The molecule has 1 N–H and O–H groups in total. The first kappa shape index (κ1) is 16.4. The lowest BCUT2D eigenvalue weighted by molar-refractivity contribution is -0.117. The Hall–Kier alpha value is -1.48. The van der Waals surface area contributed by atoms with Gasteiger partial charge < -0.3 is 5.11 Å². The van der Waals surface area contributed by atoms with Crippen LogP contribution in [0.3, 0.4) is 0 Å². The van der Waals surface area contributed by atoms with Crippen LogP contribution in [0.25, 0.3) is 0 Å². The summed E-state index contributed by atoms with van der Waals surface area (Å²) < 4.78 is 0. The Morgan fingerprint density at radius 1 is 1.22 bits per heavy atom. The van der Waals surface area contributed by atoms with Crippen molar-refractivity contribution in [3.63, 3.8) is 0 Å². The van der Waals surface area contributed by atoms with Crippen molar-refractivity contribution in [2.24, 2.45) is 23.2 Å². The molecule has 0 bridgehead atoms. The molecule has 124 valence electrons. The van der Waals surface area contributed by atoms with Gasteiger partial charge >= 0.3 is 0 Å². The van der Waals surface area contributed by atoms with Gasteiger partial charge in [0.25, 0.3) is 0 Å². The number of carbonyl (C=O) groups excluding carboxylic acids is 2. The van der Waals surface area contributed by atoms with E-state index in [2.05, 4.69) is 19.9 Å². The summed E-state index contributed by atoms with van der Waals surface area (Å²) in [5.41, 5.74) is 2.79. The number of carbonyl (C=O) groups is 2. The minimum Gasteiger partial charge on any atom is -0.389 e. The number of aliphatic hydroxyl groups excluding tert-OH is 1. The lowest BCUT2D eigenvalue weighted by Gasteiger charge is -2.13. The second-order valence-corrected chi connectivity index (χ2v) is 8.13. The molecule has 4 atom stereocenters. The van der Waals surface area contributed by atoms with E-state index in [0.29, 0.717) is 35.8 Å². The van der Waals surface area contributed by atoms with Crippen molar-refractivity contribution in [1.82, 2.24) is 0 Å². The van der Waals surface area contributed by atoms with Crippen LogP contribution in [0.5, 0.6) is 0 Å². The molecule has 0 aromatic rings. The zero-order valence-electron chi connectivity index (χ0n) is 14.6. The van der Waals surface area contributed by atoms with Crippen LogP contribution >= 0.6 is 0 Å². The zero-order chi connectivity index (χ0) is 17.1. The van der Waals surface area contributed by atoms with Gasteiger partial charge in [-0.3, -0.25) is 9.59 Å². The van der Waals surface area contributed by atoms with Gasteiger partial charge in [0.2, 0.25) is 0 Å². The van der Waals surface area contributed by atoms with E-state index in [1.807, 2.05) is 20.8 Å². The van der Waals surface area contributed by atoms with Gasteiger partial charge in [-0.2, -0.15) is 0 Å². The smallest absolute Gasteiger partial charge is 0.185 e. The number of ketones is 2. The van der Waals surface area contributed by atoms with Crippen molar-refractivity contribution in [2.75, 3.05) is 0 Å². The van der Waals surface area contributed by atoms with Crippen LogP contribution in [0, 0.1) is 23.2 Å². The van der Waals surface area contributed by atoms with Gasteiger partial charge in [-0.05, 0) is 61.2 Å². The Labute approximate surface area is 138 Å². The highest BCUT2D eigenvalue weighted by Gasteiger charge is 2.56. The summed E-state index contributed by atoms with van der Waals surface area (Å²) >= 11 is 0. The van der Waals surface area contributed by atoms with E-state index >= 15 is 0 Å². The first-order chi connectivity index (χ1) is 10.6. The fraction of sp³-hybridized carbons (Fsp3) is 0.600. The van der Waals surface area contributed by atoms with Gasteiger partial charge in [0.1, 0.15) is 0 Å². The van der Waals surface area contributed by atoms with Crippen molar-refractivity contribution in [1.29, 1.82) is 0 Å². The molecule has 3 nitrogen and oxygen atoms in total. The minimum absolute atomic E-state index is 0.000380. The molecule has 3 aliphatic rings. The summed E-state index contributed by atoms with van der Waals surface area (Å²) in [4.78, 5) is 25.3. The Morgan fingerprint density at radius 2 is 1.87 bits per heavy atom. The van der Waals surface area contributed by atoms with E-state index in [0.717, 1.165) is 11.1 Å². The van der Waals surface area contributed by atoms with Crippen LogP contribution < -0.4 is 0 Å². The summed E-state index contributed by atoms with van der Waals surface area (Å²) in [6.45, 7) is 9.97. The largest absolute Gasteiger partial charge is 0.389 e. The molecular weight excluding hydrogens is 288 g/mol. The summed E-state index contributed by atoms with van der Waals surface area (Å²) in [6, 6.07) is 0. The molecular formula is C20H26O3. The molecule has 3 rings (SSSR count). The number of allylic oxidation sites excluding steroid dienone is 5. The predicted molar refractivity (Wildman–Crippen MR) is 89.7 cm³/mol. The van der Waals surface area contributed by atoms with Crippen molar-refractivity contribution < 1.29 is 14.7 Å². The molecule has 3 aliphatic carbocycles. The van der Waals surface area contributed by atoms with Crippen molar-refractivity contribution in [3.8, 4) is 0 Å². The SMILES string of the molecule is C/C1=C\[C@@H]2[C@H](C[C@@H](O)/C(C)=C/C3=C(C[C@@H](C)C3=O)C1=O)C2(C)C. The third-order valence-corrected chi connectivity index (χ3v) is 6.12. The van der Waals surface area contributed by atoms with E-state index in [4.69, 9.17) is 0 Å². The maximum atomic E-state index is 12.8. The third kappa shape index (κ3) is 2.55. The monoisotopic (exact) mass is 314 g/mol. The van der Waals surface area contributed by atoms with Gasteiger partial charge in [-0.1, -0.05) is 26.8 Å². The quantitative estimate of drug-likeness (QED) is 0.745. The van der Waals surface area contributed by atoms with Gasteiger partial charge in [0.05, 0.1) is 6.10 Å². The van der Waals surface area contributed by atoms with Gasteiger partial charge in [-0.15, -0.1) is 0 Å². The summed E-state index contributed by atoms with van der Waals surface area (Å²) in [6.07, 6.45) is 4.47. The number of hydrogen-bond donors (Lipinski definition) is 1. The number of rotatable bonds is 0. The van der Waals surface area contributed by atoms with E-state index in [-0.39, 0.29) is 22.9 Å². The zero-order valence-corrected chi connectivity index (χ0v) is 14.6. The normalized spacial score (nSPS) is 41.3. The molecule has 0 unspecified atom stereocenters. The molecule has 0 amide bonds. The first-order valence-corrected chi connectivity index (χ1v) is 8.51. The Balaban J connectivity index is 2.10. The highest BCUT2D eigenvalue weighted by atomic mass is 16.3. The lowest BCUT2D eigenvalue weighted by atomic mass is 9.96. The highest BCUT2D eigenvalue weighted by Crippen LogP contribution is 2.61. The van der Waals surface area contributed by atoms with Crippen LogP contribution in [-0.4, -0.2) is 22.8 Å². The van der Waals surface area contributed by atoms with Crippen LogP contribution in [0.1, 0.15) is 47.5 Å². The van der Waals surface area contributed by atoms with Crippen LogP contribution in [0.2, 0.25) is 0 Å². The molecule has 0 saturated heterocycles. The first-order valence-electron chi connectivity index (χ1n) is 8.51. The summed E-state index contributed by atoms with van der Waals surface area (Å²) in [7, 11) is 0. The Morgan fingerprint density at radius 3 is 2.52 bits per heavy atom. The van der Waals surface area contributed by atoms with Crippen LogP contribution in [-0.2, 0) is 9.59 Å². The van der Waals surface area contributed by atoms with E-state index in [1.54, 1.807) is 6.08 Å². The molecule has 0 heterocycles. The molecule has 0 spiro atoms. The second-order valence-electron chi connectivity index (χ2n) is 8.13. The summed E-state index contributed by atoms with van der Waals surface area (Å²) in [5, 5.41) is 10.5. The molecule has 3 heteroatoms. The van der Waals surface area contributed by atoms with Crippen LogP contribution in [0.15, 0.2) is 34.4 Å². The lowest BCUT2D eigenvalue weighted by Crippen LogP contribution is -2.12.